The number of benzene rings is 2. The van der Waals surface area contributed by atoms with Crippen molar-refractivity contribution in [1.29, 1.82) is 0 Å². The van der Waals surface area contributed by atoms with E-state index in [1.165, 1.54) is 6.92 Å². The molecule has 1 aromatic heterocycles. The van der Waals surface area contributed by atoms with E-state index in [1.807, 2.05) is 42.5 Å². The molecule has 0 bridgehead atoms. The number of halogens is 1. The van der Waals surface area contributed by atoms with Gasteiger partial charge in [0.05, 0.1) is 19.4 Å². The van der Waals surface area contributed by atoms with E-state index in [4.69, 9.17) is 14.2 Å². The summed E-state index contributed by atoms with van der Waals surface area (Å²) in [7, 11) is 1.59. The molecule has 0 unspecified atom stereocenters. The van der Waals surface area contributed by atoms with Crippen molar-refractivity contribution in [1.82, 2.24) is 4.57 Å². The molecular formula is C23H22BrNO5. The van der Waals surface area contributed by atoms with E-state index < -0.39 is 11.9 Å². The van der Waals surface area contributed by atoms with E-state index in [9.17, 15) is 9.59 Å². The summed E-state index contributed by atoms with van der Waals surface area (Å²) in [6, 6.07) is 16.8. The number of hydrogen-bond donors (Lipinski definition) is 0. The maximum absolute atomic E-state index is 13.0. The number of methoxy groups -OCH3 is 1. The van der Waals surface area contributed by atoms with Crippen LogP contribution >= 0.6 is 15.9 Å². The second-order valence-electron chi connectivity index (χ2n) is 6.44. The molecule has 0 saturated heterocycles. The van der Waals surface area contributed by atoms with Crippen LogP contribution in [-0.2, 0) is 20.9 Å². The zero-order valence-corrected chi connectivity index (χ0v) is 18.6. The van der Waals surface area contributed by atoms with Crippen molar-refractivity contribution < 1.29 is 23.8 Å². The highest BCUT2D eigenvalue weighted by Gasteiger charge is 2.25. The molecule has 0 atom stereocenters. The first kappa shape index (κ1) is 21.6. The number of carbonyl (C=O) groups excluding carboxylic acids is 2. The van der Waals surface area contributed by atoms with Gasteiger partial charge in [-0.3, -0.25) is 4.79 Å². The predicted octanol–water partition coefficient (Wildman–Crippen LogP) is 5.16. The number of aromatic nitrogens is 1. The number of rotatable bonds is 7. The zero-order valence-electron chi connectivity index (χ0n) is 17.0. The van der Waals surface area contributed by atoms with Gasteiger partial charge in [0.2, 0.25) is 0 Å². The standard InChI is InChI=1S/C23H22BrNO5/c1-4-29-23(27)22-21(16-5-7-17(24)8-6-16)13-19(14-30-15(2)26)25(22)18-9-11-20(28-3)12-10-18/h5-13H,4,14H2,1-3H3. The molecule has 3 rings (SSSR count). The van der Waals surface area contributed by atoms with Gasteiger partial charge >= 0.3 is 11.9 Å². The highest BCUT2D eigenvalue weighted by Crippen LogP contribution is 2.33. The Labute approximate surface area is 183 Å². The molecule has 156 valence electrons. The Morgan fingerprint density at radius 2 is 1.67 bits per heavy atom. The zero-order chi connectivity index (χ0) is 21.7. The van der Waals surface area contributed by atoms with Gasteiger partial charge in [-0.25, -0.2) is 4.79 Å². The Morgan fingerprint density at radius 3 is 2.23 bits per heavy atom. The minimum atomic E-state index is -0.458. The van der Waals surface area contributed by atoms with Crippen LogP contribution in [0.4, 0.5) is 0 Å². The first-order valence-electron chi connectivity index (χ1n) is 9.40. The van der Waals surface area contributed by atoms with Gasteiger partial charge in [-0.1, -0.05) is 28.1 Å². The molecule has 0 radical (unpaired) electrons. The third kappa shape index (κ3) is 4.74. The number of esters is 2. The lowest BCUT2D eigenvalue weighted by Crippen LogP contribution is -2.14. The molecule has 0 spiro atoms. The van der Waals surface area contributed by atoms with Crippen molar-refractivity contribution in [3.8, 4) is 22.6 Å². The molecule has 0 saturated carbocycles. The molecule has 0 amide bonds. The van der Waals surface area contributed by atoms with Gasteiger partial charge in [-0.05, 0) is 55.0 Å². The first-order chi connectivity index (χ1) is 14.4. The molecule has 0 aliphatic rings. The van der Waals surface area contributed by atoms with Gasteiger partial charge in [0.1, 0.15) is 18.1 Å². The fraction of sp³-hybridized carbons (Fsp3) is 0.217. The highest BCUT2D eigenvalue weighted by molar-refractivity contribution is 9.10. The summed E-state index contributed by atoms with van der Waals surface area (Å²) >= 11 is 3.43. The number of hydrogen-bond acceptors (Lipinski definition) is 5. The van der Waals surface area contributed by atoms with Crippen molar-refractivity contribution >= 4 is 27.9 Å². The number of nitrogens with zero attached hydrogens (tertiary/aromatic N) is 1. The van der Waals surface area contributed by atoms with Crippen LogP contribution in [0.3, 0.4) is 0 Å². The predicted molar refractivity (Wildman–Crippen MR) is 117 cm³/mol. The third-order valence-corrected chi connectivity index (χ3v) is 4.98. The Morgan fingerprint density at radius 1 is 1.00 bits per heavy atom. The Balaban J connectivity index is 2.24. The summed E-state index contributed by atoms with van der Waals surface area (Å²) in [5.41, 5.74) is 3.28. The van der Waals surface area contributed by atoms with Crippen molar-refractivity contribution in [3.05, 3.63) is 70.5 Å². The van der Waals surface area contributed by atoms with Crippen LogP contribution in [0.25, 0.3) is 16.8 Å². The molecule has 0 N–H and O–H groups in total. The van der Waals surface area contributed by atoms with Crippen LogP contribution in [0.15, 0.2) is 59.1 Å². The van der Waals surface area contributed by atoms with Gasteiger partial charge in [0.25, 0.3) is 0 Å². The van der Waals surface area contributed by atoms with E-state index >= 15 is 0 Å². The van der Waals surface area contributed by atoms with Gasteiger partial charge < -0.3 is 18.8 Å². The second kappa shape index (κ2) is 9.63. The molecule has 6 nitrogen and oxygen atoms in total. The summed E-state index contributed by atoms with van der Waals surface area (Å²) in [6.45, 7) is 3.37. The summed E-state index contributed by atoms with van der Waals surface area (Å²) in [5.74, 6) is -0.168. The second-order valence-corrected chi connectivity index (χ2v) is 7.35. The molecule has 2 aromatic carbocycles. The molecule has 30 heavy (non-hydrogen) atoms. The summed E-state index contributed by atoms with van der Waals surface area (Å²) in [4.78, 5) is 24.4. The highest BCUT2D eigenvalue weighted by atomic mass is 79.9. The Bertz CT molecular complexity index is 1040. The maximum atomic E-state index is 13.0. The lowest BCUT2D eigenvalue weighted by molar-refractivity contribution is -0.142. The van der Waals surface area contributed by atoms with Crippen LogP contribution in [0.5, 0.6) is 5.75 Å². The van der Waals surface area contributed by atoms with Crippen molar-refractivity contribution in [2.24, 2.45) is 0 Å². The summed E-state index contributed by atoms with van der Waals surface area (Å²) in [5, 5.41) is 0. The maximum Gasteiger partial charge on any atom is 0.355 e. The quantitative estimate of drug-likeness (QED) is 0.445. The van der Waals surface area contributed by atoms with Crippen LogP contribution in [0, 0.1) is 0 Å². The fourth-order valence-electron chi connectivity index (χ4n) is 3.12. The summed E-state index contributed by atoms with van der Waals surface area (Å²) < 4.78 is 18.5. The van der Waals surface area contributed by atoms with Crippen LogP contribution in [0.1, 0.15) is 30.0 Å². The topological polar surface area (TPSA) is 66.8 Å². The van der Waals surface area contributed by atoms with E-state index in [2.05, 4.69) is 15.9 Å². The molecular weight excluding hydrogens is 450 g/mol. The van der Waals surface area contributed by atoms with Gasteiger partial charge in [0.15, 0.2) is 0 Å². The lowest BCUT2D eigenvalue weighted by Gasteiger charge is -2.14. The average Bonchev–Trinajstić information content (AvgIpc) is 3.12. The van der Waals surface area contributed by atoms with Crippen LogP contribution in [-0.4, -0.2) is 30.2 Å². The molecule has 0 aliphatic carbocycles. The van der Waals surface area contributed by atoms with E-state index in [-0.39, 0.29) is 13.2 Å². The molecule has 7 heteroatoms. The van der Waals surface area contributed by atoms with Crippen molar-refractivity contribution in [2.45, 2.75) is 20.5 Å². The van der Waals surface area contributed by atoms with Gasteiger partial charge in [0, 0.05) is 22.6 Å². The van der Waals surface area contributed by atoms with Gasteiger partial charge in [-0.2, -0.15) is 0 Å². The molecule has 0 aliphatic heterocycles. The smallest absolute Gasteiger partial charge is 0.355 e. The Hall–Kier alpha value is -3.06. The van der Waals surface area contributed by atoms with Crippen LogP contribution in [0.2, 0.25) is 0 Å². The molecule has 1 heterocycles. The SMILES string of the molecule is CCOC(=O)c1c(-c2ccc(Br)cc2)cc(COC(C)=O)n1-c1ccc(OC)cc1. The summed E-state index contributed by atoms with van der Waals surface area (Å²) in [6.07, 6.45) is 0. The molecule has 0 fully saturated rings. The fourth-order valence-corrected chi connectivity index (χ4v) is 3.39. The molecule has 3 aromatic rings. The van der Waals surface area contributed by atoms with Crippen molar-refractivity contribution in [2.75, 3.05) is 13.7 Å². The minimum Gasteiger partial charge on any atom is -0.497 e. The Kier molecular flexibility index (Phi) is 6.95. The van der Waals surface area contributed by atoms with E-state index in [1.54, 1.807) is 30.7 Å². The van der Waals surface area contributed by atoms with Crippen LogP contribution < -0.4 is 4.74 Å². The largest absolute Gasteiger partial charge is 0.497 e. The van der Waals surface area contributed by atoms with E-state index in [0.29, 0.717) is 22.7 Å². The number of carbonyl (C=O) groups is 2. The monoisotopic (exact) mass is 471 g/mol. The average molecular weight is 472 g/mol. The minimum absolute atomic E-state index is 0.0182. The normalized spacial score (nSPS) is 10.5. The third-order valence-electron chi connectivity index (χ3n) is 4.45. The van der Waals surface area contributed by atoms with Gasteiger partial charge in [-0.15, -0.1) is 0 Å². The lowest BCUT2D eigenvalue weighted by atomic mass is 10.1. The van der Waals surface area contributed by atoms with E-state index in [0.717, 1.165) is 15.7 Å². The number of ether oxygens (including phenoxy) is 3. The first-order valence-corrected chi connectivity index (χ1v) is 10.2. The van der Waals surface area contributed by atoms with Crippen molar-refractivity contribution in [3.63, 3.8) is 0 Å².